The number of guanidine groups is 1. The highest BCUT2D eigenvalue weighted by molar-refractivity contribution is 14.0. The number of aliphatic imine (C=N–C) groups is 1. The fourth-order valence-corrected chi connectivity index (χ4v) is 1.98. The Hall–Kier alpha value is -0.0400. The Bertz CT molecular complexity index is 238. The number of unbranched alkanes of at least 4 members (excludes halogenated alkanes) is 3. The van der Waals surface area contributed by atoms with Crippen LogP contribution in [0.5, 0.6) is 0 Å². The van der Waals surface area contributed by atoms with E-state index in [1.807, 2.05) is 6.92 Å². The maximum Gasteiger partial charge on any atom is 0.191 e. The Morgan fingerprint density at radius 2 is 1.86 bits per heavy atom. The minimum absolute atomic E-state index is 0. The standard InChI is InChI=1S/C16H35N3O.HI/c1-5-8-9-12-15(4)19-16(17-6-2)18-13-10-11-14-20-7-3;/h15H,5-14H2,1-4H3,(H2,17,18,19);1H. The minimum Gasteiger partial charge on any atom is -0.382 e. The van der Waals surface area contributed by atoms with Gasteiger partial charge in [0, 0.05) is 32.3 Å². The average molecular weight is 413 g/mol. The zero-order chi connectivity index (χ0) is 15.1. The van der Waals surface area contributed by atoms with Crippen LogP contribution in [0.3, 0.4) is 0 Å². The summed E-state index contributed by atoms with van der Waals surface area (Å²) in [6, 6.07) is 0.489. The Labute approximate surface area is 148 Å². The van der Waals surface area contributed by atoms with Crippen LogP contribution in [0, 0.1) is 0 Å². The van der Waals surface area contributed by atoms with Crippen molar-refractivity contribution in [2.75, 3.05) is 26.3 Å². The summed E-state index contributed by atoms with van der Waals surface area (Å²) in [7, 11) is 0. The molecule has 0 saturated carbocycles. The second-order valence-corrected chi connectivity index (χ2v) is 5.21. The van der Waals surface area contributed by atoms with Crippen LogP contribution >= 0.6 is 24.0 Å². The van der Waals surface area contributed by atoms with Crippen LogP contribution in [0.25, 0.3) is 0 Å². The van der Waals surface area contributed by atoms with Crippen molar-refractivity contribution in [3.8, 4) is 0 Å². The van der Waals surface area contributed by atoms with Crippen LogP contribution in [-0.2, 0) is 4.74 Å². The van der Waals surface area contributed by atoms with E-state index in [-0.39, 0.29) is 24.0 Å². The predicted molar refractivity (Wildman–Crippen MR) is 104 cm³/mol. The number of nitrogens with zero attached hydrogens (tertiary/aromatic N) is 1. The van der Waals surface area contributed by atoms with Crippen LogP contribution in [0.1, 0.15) is 66.2 Å². The molecule has 1 unspecified atom stereocenters. The molecule has 0 aliphatic carbocycles. The van der Waals surface area contributed by atoms with Gasteiger partial charge in [0.1, 0.15) is 0 Å². The van der Waals surface area contributed by atoms with E-state index in [1.54, 1.807) is 0 Å². The second-order valence-electron chi connectivity index (χ2n) is 5.21. The summed E-state index contributed by atoms with van der Waals surface area (Å²) in [5.74, 6) is 0.952. The van der Waals surface area contributed by atoms with Crippen molar-refractivity contribution in [2.45, 2.75) is 72.3 Å². The van der Waals surface area contributed by atoms with Gasteiger partial charge in [-0.1, -0.05) is 26.2 Å². The number of nitrogens with one attached hydrogen (secondary N) is 2. The quantitative estimate of drug-likeness (QED) is 0.221. The lowest BCUT2D eigenvalue weighted by molar-refractivity contribution is 0.144. The third-order valence-electron chi connectivity index (χ3n) is 3.14. The summed E-state index contributed by atoms with van der Waals surface area (Å²) in [5.41, 5.74) is 0. The SMILES string of the molecule is CCCCCC(C)NC(=NCCCCOCC)NCC.I. The molecule has 0 aromatic carbocycles. The van der Waals surface area contributed by atoms with E-state index in [2.05, 4.69) is 36.4 Å². The molecule has 0 amide bonds. The van der Waals surface area contributed by atoms with Crippen molar-refractivity contribution in [1.29, 1.82) is 0 Å². The zero-order valence-corrected chi connectivity index (χ0v) is 16.7. The topological polar surface area (TPSA) is 45.7 Å². The third kappa shape index (κ3) is 16.2. The largest absolute Gasteiger partial charge is 0.382 e. The molecule has 0 radical (unpaired) electrons. The molecule has 0 fully saturated rings. The van der Waals surface area contributed by atoms with Gasteiger partial charge >= 0.3 is 0 Å². The molecule has 4 nitrogen and oxygen atoms in total. The van der Waals surface area contributed by atoms with Crippen LogP contribution in [0.2, 0.25) is 0 Å². The molecule has 0 aromatic rings. The van der Waals surface area contributed by atoms with Gasteiger partial charge in [-0.2, -0.15) is 0 Å². The van der Waals surface area contributed by atoms with Crippen LogP contribution in [0.4, 0.5) is 0 Å². The maximum atomic E-state index is 5.33. The van der Waals surface area contributed by atoms with E-state index in [0.29, 0.717) is 6.04 Å². The number of hydrogen-bond acceptors (Lipinski definition) is 2. The molecule has 0 rings (SSSR count). The summed E-state index contributed by atoms with van der Waals surface area (Å²) in [5, 5.41) is 6.80. The van der Waals surface area contributed by atoms with Gasteiger partial charge in [0.05, 0.1) is 0 Å². The van der Waals surface area contributed by atoms with Gasteiger partial charge in [0.25, 0.3) is 0 Å². The fraction of sp³-hybridized carbons (Fsp3) is 0.938. The summed E-state index contributed by atoms with van der Waals surface area (Å²) in [6.07, 6.45) is 7.27. The third-order valence-corrected chi connectivity index (χ3v) is 3.14. The molecule has 0 aromatic heterocycles. The maximum absolute atomic E-state index is 5.33. The first-order chi connectivity index (χ1) is 9.74. The first-order valence-corrected chi connectivity index (χ1v) is 8.37. The van der Waals surface area contributed by atoms with E-state index in [1.165, 1.54) is 25.7 Å². The zero-order valence-electron chi connectivity index (χ0n) is 14.4. The molecule has 0 saturated heterocycles. The smallest absolute Gasteiger partial charge is 0.191 e. The predicted octanol–water partition coefficient (Wildman–Crippen LogP) is 3.95. The molecular weight excluding hydrogens is 377 g/mol. The lowest BCUT2D eigenvalue weighted by Crippen LogP contribution is -2.42. The lowest BCUT2D eigenvalue weighted by Gasteiger charge is -2.17. The number of rotatable bonds is 12. The Morgan fingerprint density at radius 1 is 1.10 bits per heavy atom. The molecule has 128 valence electrons. The van der Waals surface area contributed by atoms with E-state index in [9.17, 15) is 0 Å². The van der Waals surface area contributed by atoms with Crippen molar-refractivity contribution in [2.24, 2.45) is 4.99 Å². The van der Waals surface area contributed by atoms with Gasteiger partial charge in [0.2, 0.25) is 0 Å². The van der Waals surface area contributed by atoms with E-state index in [4.69, 9.17) is 4.74 Å². The first kappa shape index (κ1) is 23.2. The fourth-order valence-electron chi connectivity index (χ4n) is 1.98. The van der Waals surface area contributed by atoms with Gasteiger partial charge in [-0.3, -0.25) is 4.99 Å². The van der Waals surface area contributed by atoms with Crippen LogP contribution in [0.15, 0.2) is 4.99 Å². The van der Waals surface area contributed by atoms with E-state index >= 15 is 0 Å². The number of hydrogen-bond donors (Lipinski definition) is 2. The molecule has 0 bridgehead atoms. The monoisotopic (exact) mass is 413 g/mol. The Kier molecular flexibility index (Phi) is 19.9. The van der Waals surface area contributed by atoms with Crippen molar-refractivity contribution in [1.82, 2.24) is 10.6 Å². The molecular formula is C16H36IN3O. The van der Waals surface area contributed by atoms with Crippen molar-refractivity contribution < 1.29 is 4.74 Å². The average Bonchev–Trinajstić information content (AvgIpc) is 2.43. The van der Waals surface area contributed by atoms with Gasteiger partial charge < -0.3 is 15.4 Å². The Morgan fingerprint density at radius 3 is 2.48 bits per heavy atom. The molecule has 0 aliphatic heterocycles. The highest BCUT2D eigenvalue weighted by atomic mass is 127. The molecule has 0 aliphatic rings. The molecule has 1 atom stereocenters. The van der Waals surface area contributed by atoms with Crippen molar-refractivity contribution >= 4 is 29.9 Å². The normalized spacial score (nSPS) is 12.7. The molecule has 0 heterocycles. The van der Waals surface area contributed by atoms with Crippen LogP contribution < -0.4 is 10.6 Å². The number of halogens is 1. The summed E-state index contributed by atoms with van der Waals surface area (Å²) >= 11 is 0. The van der Waals surface area contributed by atoms with Gasteiger partial charge in [-0.25, -0.2) is 0 Å². The summed E-state index contributed by atoms with van der Waals surface area (Å²) in [4.78, 5) is 4.62. The number of ether oxygens (including phenoxy) is 1. The van der Waals surface area contributed by atoms with Crippen LogP contribution in [-0.4, -0.2) is 38.3 Å². The van der Waals surface area contributed by atoms with Gasteiger partial charge in [0.15, 0.2) is 5.96 Å². The summed E-state index contributed by atoms with van der Waals surface area (Å²) in [6.45, 7) is 12.0. The molecule has 5 heteroatoms. The van der Waals surface area contributed by atoms with Gasteiger partial charge in [-0.15, -0.1) is 24.0 Å². The molecule has 21 heavy (non-hydrogen) atoms. The second kappa shape index (κ2) is 18.0. The van der Waals surface area contributed by atoms with Crippen molar-refractivity contribution in [3.05, 3.63) is 0 Å². The lowest BCUT2D eigenvalue weighted by atomic mass is 10.1. The van der Waals surface area contributed by atoms with Gasteiger partial charge in [-0.05, 0) is 40.0 Å². The summed E-state index contributed by atoms with van der Waals surface area (Å²) < 4.78 is 5.33. The first-order valence-electron chi connectivity index (χ1n) is 8.37. The Balaban J connectivity index is 0. The van der Waals surface area contributed by atoms with E-state index in [0.717, 1.165) is 45.1 Å². The highest BCUT2D eigenvalue weighted by Crippen LogP contribution is 2.02. The minimum atomic E-state index is 0. The van der Waals surface area contributed by atoms with E-state index < -0.39 is 0 Å². The molecule has 0 spiro atoms. The highest BCUT2D eigenvalue weighted by Gasteiger charge is 2.04. The molecule has 2 N–H and O–H groups in total. The van der Waals surface area contributed by atoms with Crippen molar-refractivity contribution in [3.63, 3.8) is 0 Å².